The molecule has 4 unspecified atom stereocenters. The zero-order valence-corrected chi connectivity index (χ0v) is 20.0. The number of nitrogens with two attached hydrogens (primary N) is 1. The first-order chi connectivity index (χ1) is 17.0. The van der Waals surface area contributed by atoms with Crippen LogP contribution in [0.15, 0.2) is 30.3 Å². The van der Waals surface area contributed by atoms with Crippen LogP contribution in [0.2, 0.25) is 0 Å². The molecule has 36 heavy (non-hydrogen) atoms. The monoisotopic (exact) mass is 507 g/mol. The number of rotatable bonds is 11. The second-order valence-electron chi connectivity index (χ2n) is 7.75. The summed E-state index contributed by atoms with van der Waals surface area (Å²) in [5.41, 5.74) is 8.06. The van der Waals surface area contributed by atoms with E-state index in [2.05, 4.69) is 16.1 Å². The maximum Gasteiger partial charge on any atom is 0.408 e. The molecule has 1 aliphatic rings. The molecule has 196 valence electrons. The van der Waals surface area contributed by atoms with Crippen molar-refractivity contribution in [3.8, 4) is 0 Å². The van der Waals surface area contributed by atoms with E-state index in [-0.39, 0.29) is 13.2 Å². The summed E-state index contributed by atoms with van der Waals surface area (Å²) in [6.07, 6.45) is -3.24. The van der Waals surface area contributed by atoms with E-state index in [0.29, 0.717) is 5.01 Å². The summed E-state index contributed by atoms with van der Waals surface area (Å²) >= 11 is 0. The fraction of sp³-hybridized carbons (Fsp3) is 0.455. The van der Waals surface area contributed by atoms with Crippen LogP contribution < -0.4 is 21.8 Å². The number of amides is 5. The van der Waals surface area contributed by atoms with Crippen molar-refractivity contribution in [1.29, 1.82) is 0 Å². The molecule has 1 aromatic carbocycles. The van der Waals surface area contributed by atoms with Crippen LogP contribution in [0.4, 0.5) is 4.79 Å². The van der Waals surface area contributed by atoms with E-state index in [9.17, 15) is 28.8 Å². The molecule has 1 aliphatic heterocycles. The molecule has 4 atom stereocenters. The number of carbonyl (C=O) groups excluding carboxylic acids is 6. The molecule has 5 amide bonds. The highest BCUT2D eigenvalue weighted by Gasteiger charge is 2.53. The van der Waals surface area contributed by atoms with E-state index < -0.39 is 66.5 Å². The van der Waals surface area contributed by atoms with Crippen LogP contribution in [0.25, 0.3) is 0 Å². The summed E-state index contributed by atoms with van der Waals surface area (Å²) < 4.78 is 14.8. The molecule has 0 radical (unpaired) electrons. The smallest absolute Gasteiger partial charge is 0.408 e. The topological polar surface area (TPSA) is 199 Å². The van der Waals surface area contributed by atoms with Crippen LogP contribution in [-0.2, 0) is 44.8 Å². The van der Waals surface area contributed by atoms with Crippen molar-refractivity contribution in [1.82, 2.24) is 21.1 Å². The molecule has 0 saturated carbocycles. The number of alkyl carbamates (subject to hydrolysis) is 1. The van der Waals surface area contributed by atoms with Crippen molar-refractivity contribution in [3.63, 3.8) is 0 Å². The molecule has 0 aromatic heterocycles. The Balaban J connectivity index is 1.85. The number of nitrogens with zero attached hydrogens (tertiary/aromatic N) is 1. The van der Waals surface area contributed by atoms with E-state index in [1.54, 1.807) is 31.2 Å². The molecule has 1 heterocycles. The van der Waals surface area contributed by atoms with Crippen molar-refractivity contribution in [2.45, 2.75) is 51.7 Å². The number of hydrogen-bond acceptors (Lipinski definition) is 9. The first-order valence-electron chi connectivity index (χ1n) is 11.0. The van der Waals surface area contributed by atoms with Crippen LogP contribution >= 0.6 is 0 Å². The summed E-state index contributed by atoms with van der Waals surface area (Å²) in [5.74, 6) is -4.18. The minimum absolute atomic E-state index is 0.00524. The average molecular weight is 508 g/mol. The van der Waals surface area contributed by atoms with Gasteiger partial charge in [-0.15, -0.1) is 0 Å². The van der Waals surface area contributed by atoms with Crippen molar-refractivity contribution < 1.29 is 43.0 Å². The highest BCUT2D eigenvalue weighted by molar-refractivity contribution is 5.96. The molecule has 1 aromatic rings. The standard InChI is InChI=1S/C22H29N5O9/c1-4-34-21(32)17-16(36-17)20(31)27(10-15(23)28)26-19(30)13(3)24-18(29)12(2)25-22(33)35-11-14-8-6-5-7-9-14/h5-9,12-13,16-17H,4,10-11H2,1-3H3,(H2,23,28)(H,24,29)(H,25,33)(H,26,30). The molecule has 5 N–H and O–H groups in total. The predicted octanol–water partition coefficient (Wildman–Crippen LogP) is -1.52. The molecular formula is C22H29N5O9. The molecular weight excluding hydrogens is 478 g/mol. The number of hydrogen-bond donors (Lipinski definition) is 4. The highest BCUT2D eigenvalue weighted by Crippen LogP contribution is 2.25. The van der Waals surface area contributed by atoms with E-state index in [1.165, 1.54) is 13.8 Å². The summed E-state index contributed by atoms with van der Waals surface area (Å²) in [7, 11) is 0. The van der Waals surface area contributed by atoms with Crippen molar-refractivity contribution in [2.75, 3.05) is 13.2 Å². The third-order valence-corrected chi connectivity index (χ3v) is 4.77. The fourth-order valence-corrected chi connectivity index (χ4v) is 2.83. The summed E-state index contributed by atoms with van der Waals surface area (Å²) in [5, 5.41) is 5.30. The van der Waals surface area contributed by atoms with Crippen molar-refractivity contribution in [3.05, 3.63) is 35.9 Å². The number of primary amides is 1. The van der Waals surface area contributed by atoms with E-state index in [4.69, 9.17) is 19.9 Å². The van der Waals surface area contributed by atoms with Gasteiger partial charge in [-0.25, -0.2) is 14.6 Å². The Bertz CT molecular complexity index is 987. The maximum absolute atomic E-state index is 12.6. The van der Waals surface area contributed by atoms with Gasteiger partial charge >= 0.3 is 12.1 Å². The Labute approximate surface area is 206 Å². The van der Waals surface area contributed by atoms with E-state index in [1.807, 2.05) is 6.07 Å². The predicted molar refractivity (Wildman–Crippen MR) is 121 cm³/mol. The molecule has 0 aliphatic carbocycles. The Morgan fingerprint density at radius 2 is 1.61 bits per heavy atom. The number of benzene rings is 1. The zero-order chi connectivity index (χ0) is 26.8. The van der Waals surface area contributed by atoms with Gasteiger partial charge in [0, 0.05) is 0 Å². The van der Waals surface area contributed by atoms with Gasteiger partial charge in [0.1, 0.15) is 25.2 Å². The quantitative estimate of drug-likeness (QED) is 0.156. The van der Waals surface area contributed by atoms with Gasteiger partial charge in [0.25, 0.3) is 11.8 Å². The van der Waals surface area contributed by atoms with Gasteiger partial charge in [-0.05, 0) is 26.3 Å². The lowest BCUT2D eigenvalue weighted by Gasteiger charge is -2.24. The average Bonchev–Trinajstić information content (AvgIpc) is 3.63. The molecule has 0 bridgehead atoms. The molecule has 1 saturated heterocycles. The van der Waals surface area contributed by atoms with Gasteiger partial charge in [0.2, 0.25) is 11.8 Å². The van der Waals surface area contributed by atoms with Gasteiger partial charge in [-0.3, -0.25) is 24.6 Å². The van der Waals surface area contributed by atoms with E-state index >= 15 is 0 Å². The van der Waals surface area contributed by atoms with Gasteiger partial charge in [-0.1, -0.05) is 30.3 Å². The van der Waals surface area contributed by atoms with E-state index in [0.717, 1.165) is 5.56 Å². The highest BCUT2D eigenvalue weighted by atomic mass is 16.6. The van der Waals surface area contributed by atoms with Crippen molar-refractivity contribution in [2.24, 2.45) is 5.73 Å². The molecule has 14 nitrogen and oxygen atoms in total. The fourth-order valence-electron chi connectivity index (χ4n) is 2.83. The Hall–Kier alpha value is -4.20. The van der Waals surface area contributed by atoms with Crippen LogP contribution in [0.1, 0.15) is 26.3 Å². The molecule has 2 rings (SSSR count). The Morgan fingerprint density at radius 3 is 2.22 bits per heavy atom. The second-order valence-corrected chi connectivity index (χ2v) is 7.75. The summed E-state index contributed by atoms with van der Waals surface area (Å²) in [6.45, 7) is 3.66. The van der Waals surface area contributed by atoms with Crippen molar-refractivity contribution >= 4 is 35.7 Å². The minimum Gasteiger partial charge on any atom is -0.464 e. The molecule has 0 spiro atoms. The largest absolute Gasteiger partial charge is 0.464 e. The summed E-state index contributed by atoms with van der Waals surface area (Å²) in [4.78, 5) is 72.4. The van der Waals surface area contributed by atoms with Gasteiger partial charge < -0.3 is 30.6 Å². The third-order valence-electron chi connectivity index (χ3n) is 4.77. The minimum atomic E-state index is -1.25. The Kier molecular flexibility index (Phi) is 10.2. The molecule has 1 fully saturated rings. The number of nitrogens with one attached hydrogen (secondary N) is 3. The van der Waals surface area contributed by atoms with Crippen LogP contribution in [0.5, 0.6) is 0 Å². The lowest BCUT2D eigenvalue weighted by Crippen LogP contribution is -2.57. The summed E-state index contributed by atoms with van der Waals surface area (Å²) in [6, 6.07) is 6.67. The first kappa shape index (κ1) is 28.0. The Morgan fingerprint density at radius 1 is 0.972 bits per heavy atom. The lowest BCUT2D eigenvalue weighted by molar-refractivity contribution is -0.146. The van der Waals surface area contributed by atoms with Gasteiger partial charge in [0.15, 0.2) is 12.2 Å². The van der Waals surface area contributed by atoms with Crippen LogP contribution in [0, 0.1) is 0 Å². The number of ether oxygens (including phenoxy) is 3. The number of epoxide rings is 1. The third kappa shape index (κ3) is 8.54. The number of carbonyl (C=O) groups is 6. The maximum atomic E-state index is 12.6. The van der Waals surface area contributed by atoms with Gasteiger partial charge in [-0.2, -0.15) is 0 Å². The zero-order valence-electron chi connectivity index (χ0n) is 20.0. The molecule has 14 heteroatoms. The lowest BCUT2D eigenvalue weighted by atomic mass is 10.2. The van der Waals surface area contributed by atoms with Crippen LogP contribution in [-0.4, -0.2) is 78.1 Å². The van der Waals surface area contributed by atoms with Gasteiger partial charge in [0.05, 0.1) is 6.61 Å². The van der Waals surface area contributed by atoms with Crippen LogP contribution in [0.3, 0.4) is 0 Å². The first-order valence-corrected chi connectivity index (χ1v) is 11.0. The number of esters is 1. The number of hydrazine groups is 1. The normalized spacial score (nSPS) is 17.5. The SMILES string of the molecule is CCOC(=O)C1OC1C(=O)N(CC(N)=O)NC(=O)C(C)NC(=O)C(C)NC(=O)OCc1ccccc1. The second kappa shape index (κ2) is 13.0.